The maximum atomic E-state index is 12.2. The molecule has 0 aliphatic heterocycles. The summed E-state index contributed by atoms with van der Waals surface area (Å²) in [5.41, 5.74) is -1.32. The predicted molar refractivity (Wildman–Crippen MR) is 41.5 cm³/mol. The van der Waals surface area contributed by atoms with Gasteiger partial charge in [0, 0.05) is 11.8 Å². The largest absolute Gasteiger partial charge is 0.359 e. The van der Waals surface area contributed by atoms with Gasteiger partial charge in [0.2, 0.25) is 5.43 Å². The molecule has 0 atom stereocenters. The second-order valence-corrected chi connectivity index (χ2v) is 2.48. The Morgan fingerprint density at radius 1 is 1.62 bits per heavy atom. The van der Waals surface area contributed by atoms with Gasteiger partial charge in [-0.3, -0.25) is 4.79 Å². The number of alkyl halides is 2. The highest BCUT2D eigenvalue weighted by Crippen LogP contribution is 2.17. The predicted octanol–water partition coefficient (Wildman–Crippen LogP) is 1.49. The molecule has 68 valence electrons. The first-order chi connectivity index (χ1) is 6.07. The molecule has 13 heavy (non-hydrogen) atoms. The van der Waals surface area contributed by atoms with E-state index in [-0.39, 0.29) is 11.1 Å². The van der Waals surface area contributed by atoms with E-state index in [9.17, 15) is 13.6 Å². The summed E-state index contributed by atoms with van der Waals surface area (Å²) < 4.78 is 24.4. The van der Waals surface area contributed by atoms with Gasteiger partial charge in [-0.05, 0) is 6.92 Å². The van der Waals surface area contributed by atoms with Gasteiger partial charge in [-0.25, -0.2) is 8.78 Å². The molecular formula is C8H6F2N2O. The van der Waals surface area contributed by atoms with Crippen molar-refractivity contribution in [2.45, 2.75) is 13.3 Å². The summed E-state index contributed by atoms with van der Waals surface area (Å²) in [4.78, 5) is 13.4. The fourth-order valence-electron chi connectivity index (χ4n) is 0.958. The summed E-state index contributed by atoms with van der Waals surface area (Å²) in [7, 11) is 0. The van der Waals surface area contributed by atoms with Gasteiger partial charge in [-0.1, -0.05) is 0 Å². The summed E-state index contributed by atoms with van der Waals surface area (Å²) in [5, 5.41) is 8.41. The van der Waals surface area contributed by atoms with E-state index >= 15 is 0 Å². The Labute approximate surface area is 72.6 Å². The van der Waals surface area contributed by atoms with E-state index in [0.717, 1.165) is 6.20 Å². The average molecular weight is 184 g/mol. The van der Waals surface area contributed by atoms with Crippen molar-refractivity contribution in [2.24, 2.45) is 0 Å². The van der Waals surface area contributed by atoms with E-state index in [4.69, 9.17) is 5.26 Å². The molecule has 0 aliphatic carbocycles. The van der Waals surface area contributed by atoms with E-state index < -0.39 is 17.5 Å². The fourth-order valence-corrected chi connectivity index (χ4v) is 0.958. The van der Waals surface area contributed by atoms with Gasteiger partial charge in [0.25, 0.3) is 6.43 Å². The molecule has 1 heterocycles. The zero-order chi connectivity index (χ0) is 10.0. The van der Waals surface area contributed by atoms with Gasteiger partial charge in [0.15, 0.2) is 0 Å². The van der Waals surface area contributed by atoms with Crippen LogP contribution in [0.2, 0.25) is 0 Å². The lowest BCUT2D eigenvalue weighted by Gasteiger charge is -2.03. The Bertz CT molecular complexity index is 417. The Morgan fingerprint density at radius 2 is 2.23 bits per heavy atom. The number of H-pyrrole nitrogens is 1. The highest BCUT2D eigenvalue weighted by Gasteiger charge is 2.14. The Kier molecular flexibility index (Phi) is 2.42. The van der Waals surface area contributed by atoms with Crippen molar-refractivity contribution in [1.29, 1.82) is 5.26 Å². The zero-order valence-electron chi connectivity index (χ0n) is 6.77. The smallest absolute Gasteiger partial charge is 0.278 e. The van der Waals surface area contributed by atoms with Gasteiger partial charge in [-0.2, -0.15) is 5.26 Å². The summed E-state index contributed by atoms with van der Waals surface area (Å²) in [6.07, 6.45) is -1.72. The molecule has 0 aliphatic rings. The van der Waals surface area contributed by atoms with Crippen LogP contribution >= 0.6 is 0 Å². The van der Waals surface area contributed by atoms with Crippen molar-refractivity contribution < 1.29 is 8.78 Å². The minimum atomic E-state index is -2.72. The number of aromatic nitrogens is 1. The second kappa shape index (κ2) is 3.35. The van der Waals surface area contributed by atoms with Crippen LogP contribution in [0.5, 0.6) is 0 Å². The molecule has 0 fully saturated rings. The Morgan fingerprint density at radius 3 is 2.69 bits per heavy atom. The molecule has 0 saturated carbocycles. The minimum absolute atomic E-state index is 0.103. The highest BCUT2D eigenvalue weighted by molar-refractivity contribution is 5.32. The van der Waals surface area contributed by atoms with Crippen molar-refractivity contribution in [3.63, 3.8) is 0 Å². The zero-order valence-corrected chi connectivity index (χ0v) is 6.77. The number of nitriles is 1. The average Bonchev–Trinajstić information content (AvgIpc) is 2.09. The number of rotatable bonds is 1. The maximum Gasteiger partial charge on any atom is 0.278 e. The topological polar surface area (TPSA) is 56.6 Å². The van der Waals surface area contributed by atoms with Gasteiger partial charge < -0.3 is 4.98 Å². The maximum absolute atomic E-state index is 12.2. The molecule has 1 aromatic rings. The third-order valence-corrected chi connectivity index (χ3v) is 1.70. The molecule has 0 unspecified atom stereocenters. The van der Waals surface area contributed by atoms with Gasteiger partial charge in [0.1, 0.15) is 11.6 Å². The lowest BCUT2D eigenvalue weighted by Crippen LogP contribution is -2.14. The third-order valence-electron chi connectivity index (χ3n) is 1.70. The normalized spacial score (nSPS) is 10.1. The van der Waals surface area contributed by atoms with Crippen LogP contribution in [-0.2, 0) is 0 Å². The van der Waals surface area contributed by atoms with Crippen LogP contribution in [0.15, 0.2) is 11.0 Å². The number of pyridine rings is 1. The summed E-state index contributed by atoms with van der Waals surface area (Å²) >= 11 is 0. The van der Waals surface area contributed by atoms with Crippen LogP contribution in [0, 0.1) is 18.3 Å². The Balaban J connectivity index is 3.43. The van der Waals surface area contributed by atoms with Crippen LogP contribution in [0.3, 0.4) is 0 Å². The third kappa shape index (κ3) is 1.56. The summed E-state index contributed by atoms with van der Waals surface area (Å²) in [6, 6.07) is 1.61. The molecule has 3 nitrogen and oxygen atoms in total. The second-order valence-electron chi connectivity index (χ2n) is 2.48. The molecule has 1 aromatic heterocycles. The number of nitrogens with zero attached hydrogens (tertiary/aromatic N) is 1. The quantitative estimate of drug-likeness (QED) is 0.718. The molecule has 0 radical (unpaired) electrons. The van der Waals surface area contributed by atoms with Crippen LogP contribution in [0.4, 0.5) is 8.78 Å². The van der Waals surface area contributed by atoms with Crippen molar-refractivity contribution in [3.8, 4) is 6.07 Å². The van der Waals surface area contributed by atoms with E-state index in [1.807, 2.05) is 0 Å². The molecule has 1 rings (SSSR count). The molecule has 1 N–H and O–H groups in total. The van der Waals surface area contributed by atoms with Crippen molar-refractivity contribution in [1.82, 2.24) is 4.98 Å². The number of aromatic amines is 1. The Hall–Kier alpha value is -1.70. The van der Waals surface area contributed by atoms with Crippen molar-refractivity contribution in [3.05, 3.63) is 33.2 Å². The molecule has 0 aromatic carbocycles. The van der Waals surface area contributed by atoms with Crippen LogP contribution < -0.4 is 5.43 Å². The standard InChI is InChI=1S/C8H6F2N2O/c1-4-6(8(9)10)12-3-5(2-11)7(4)13/h3,8H,1H3,(H,12,13). The van der Waals surface area contributed by atoms with Gasteiger partial charge in [0.05, 0.1) is 5.69 Å². The first-order valence-corrected chi connectivity index (χ1v) is 3.48. The number of hydrogen-bond donors (Lipinski definition) is 1. The molecule has 0 bridgehead atoms. The van der Waals surface area contributed by atoms with E-state index in [0.29, 0.717) is 0 Å². The van der Waals surface area contributed by atoms with Crippen molar-refractivity contribution >= 4 is 0 Å². The highest BCUT2D eigenvalue weighted by atomic mass is 19.3. The monoisotopic (exact) mass is 184 g/mol. The lowest BCUT2D eigenvalue weighted by atomic mass is 10.1. The lowest BCUT2D eigenvalue weighted by molar-refractivity contribution is 0.145. The van der Waals surface area contributed by atoms with Crippen LogP contribution in [0.25, 0.3) is 0 Å². The van der Waals surface area contributed by atoms with E-state index in [1.54, 1.807) is 6.07 Å². The molecular weight excluding hydrogens is 178 g/mol. The van der Waals surface area contributed by atoms with Gasteiger partial charge in [-0.15, -0.1) is 0 Å². The molecule has 0 saturated heterocycles. The molecule has 0 spiro atoms. The number of nitrogens with one attached hydrogen (secondary N) is 1. The van der Waals surface area contributed by atoms with E-state index in [2.05, 4.69) is 4.98 Å². The SMILES string of the molecule is Cc1c(C(F)F)[nH]cc(C#N)c1=O. The molecule has 0 amide bonds. The summed E-state index contributed by atoms with van der Waals surface area (Å²) in [6.45, 7) is 1.27. The van der Waals surface area contributed by atoms with Crippen molar-refractivity contribution in [2.75, 3.05) is 0 Å². The van der Waals surface area contributed by atoms with E-state index in [1.165, 1.54) is 6.92 Å². The first kappa shape index (κ1) is 9.39. The van der Waals surface area contributed by atoms with Crippen LogP contribution in [-0.4, -0.2) is 4.98 Å². The minimum Gasteiger partial charge on any atom is -0.359 e. The molecule has 5 heteroatoms. The summed E-state index contributed by atoms with van der Waals surface area (Å²) in [5.74, 6) is 0. The van der Waals surface area contributed by atoms with Crippen LogP contribution in [0.1, 0.15) is 23.2 Å². The fraction of sp³-hybridized carbons (Fsp3) is 0.250. The number of halogens is 2. The number of hydrogen-bond acceptors (Lipinski definition) is 2. The first-order valence-electron chi connectivity index (χ1n) is 3.48. The van der Waals surface area contributed by atoms with Gasteiger partial charge >= 0.3 is 0 Å².